The van der Waals surface area contributed by atoms with E-state index in [-0.39, 0.29) is 47.3 Å². The molecule has 12 nitrogen and oxygen atoms in total. The van der Waals surface area contributed by atoms with Crippen LogP contribution in [0.3, 0.4) is 0 Å². The van der Waals surface area contributed by atoms with E-state index in [0.717, 1.165) is 0 Å². The van der Waals surface area contributed by atoms with Crippen LogP contribution in [0.4, 0.5) is 8.78 Å². The van der Waals surface area contributed by atoms with Crippen LogP contribution in [0.1, 0.15) is 35.5 Å². The van der Waals surface area contributed by atoms with Crippen molar-refractivity contribution in [2.24, 2.45) is 4.40 Å². The van der Waals surface area contributed by atoms with Crippen LogP contribution in [0.25, 0.3) is 11.1 Å². The van der Waals surface area contributed by atoms with Gasteiger partial charge >= 0.3 is 6.61 Å². The second kappa shape index (κ2) is 14.9. The zero-order valence-corrected chi connectivity index (χ0v) is 25.1. The highest BCUT2D eigenvalue weighted by Gasteiger charge is 2.29. The quantitative estimate of drug-likeness (QED) is 0.0776. The Hall–Kier alpha value is -4.70. The van der Waals surface area contributed by atoms with E-state index in [0.29, 0.717) is 17.4 Å². The van der Waals surface area contributed by atoms with Crippen LogP contribution in [0.2, 0.25) is 0 Å². The Labute approximate surface area is 257 Å². The average molecular weight is 663 g/mol. The molecule has 0 radical (unpaired) electrons. The number of para-hydroxylation sites is 3. The molecular weight excluding hydrogens is 634 g/mol. The van der Waals surface area contributed by atoms with Crippen LogP contribution >= 0.6 is 0 Å². The monoisotopic (exact) mass is 662 g/mol. The summed E-state index contributed by atoms with van der Waals surface area (Å²) in [7, 11) is -8.56. The summed E-state index contributed by atoms with van der Waals surface area (Å²) < 4.78 is 90.9. The number of aromatic nitrogens is 1. The number of amides is 1. The minimum absolute atomic E-state index is 0.000886. The molecule has 1 amide bonds. The fourth-order valence-corrected chi connectivity index (χ4v) is 6.46. The minimum atomic E-state index is -4.36. The number of benzene rings is 3. The number of ketones is 1. The number of hydrogen-bond donors (Lipinski definition) is 2. The predicted octanol–water partition coefficient (Wildman–Crippen LogP) is 3.85. The van der Waals surface area contributed by atoms with Crippen LogP contribution in [-0.4, -0.2) is 58.4 Å². The third kappa shape index (κ3) is 9.39. The number of fused-ring (bicyclic) bond motifs is 1. The molecule has 238 valence electrons. The third-order valence-electron chi connectivity index (χ3n) is 6.28. The van der Waals surface area contributed by atoms with E-state index in [1.165, 1.54) is 48.5 Å². The topological polar surface area (TPSA) is 174 Å². The first-order chi connectivity index (χ1) is 21.4. The van der Waals surface area contributed by atoms with Gasteiger partial charge in [-0.15, -0.1) is 4.40 Å². The van der Waals surface area contributed by atoms with Crippen molar-refractivity contribution in [3.8, 4) is 5.75 Å². The summed E-state index contributed by atoms with van der Waals surface area (Å²) in [6.45, 7) is -3.21. The lowest BCUT2D eigenvalue weighted by atomic mass is 10.2. The molecule has 0 fully saturated rings. The highest BCUT2D eigenvalue weighted by molar-refractivity contribution is 7.91. The predicted molar refractivity (Wildman–Crippen MR) is 160 cm³/mol. The molecule has 0 saturated carbocycles. The Bertz CT molecular complexity index is 1850. The fourth-order valence-electron chi connectivity index (χ4n) is 4.09. The zero-order chi connectivity index (χ0) is 32.5. The van der Waals surface area contributed by atoms with Gasteiger partial charge in [-0.3, -0.25) is 9.59 Å². The summed E-state index contributed by atoms with van der Waals surface area (Å²) >= 11 is 0. The SMILES string of the molecule is O=C(CC(NC=NS(=O)(=O)c1ccccc1)S(=O)(=O)Cc1ccccc1OC(F)F)NCCCC(=O)c1nc2ccccc2o1. The molecule has 0 spiro atoms. The first kappa shape index (κ1) is 33.2. The number of nitrogens with zero attached hydrogens (tertiary/aromatic N) is 2. The summed E-state index contributed by atoms with van der Waals surface area (Å²) in [5, 5.41) is 3.16. The first-order valence-electron chi connectivity index (χ1n) is 13.4. The van der Waals surface area contributed by atoms with Crippen molar-refractivity contribution < 1.29 is 44.4 Å². The van der Waals surface area contributed by atoms with E-state index < -0.39 is 49.9 Å². The number of alkyl halides is 2. The van der Waals surface area contributed by atoms with Crippen molar-refractivity contribution in [2.45, 2.75) is 41.9 Å². The molecule has 4 aromatic rings. The molecule has 0 bridgehead atoms. The van der Waals surface area contributed by atoms with Gasteiger partial charge < -0.3 is 19.8 Å². The van der Waals surface area contributed by atoms with E-state index in [4.69, 9.17) is 4.42 Å². The number of ether oxygens (including phenoxy) is 1. The number of rotatable bonds is 16. The maximum Gasteiger partial charge on any atom is 0.387 e. The van der Waals surface area contributed by atoms with Gasteiger partial charge in [0.15, 0.2) is 15.4 Å². The molecule has 0 saturated heterocycles. The number of sulfonamides is 1. The van der Waals surface area contributed by atoms with Crippen LogP contribution < -0.4 is 15.4 Å². The molecular formula is C29H28F2N4O8S2. The highest BCUT2D eigenvalue weighted by Crippen LogP contribution is 2.24. The molecule has 16 heteroatoms. The van der Waals surface area contributed by atoms with Gasteiger partial charge in [0.25, 0.3) is 15.9 Å². The number of Topliss-reactive ketones (excluding diaryl/α,β-unsaturated/α-hetero) is 1. The molecule has 3 aromatic carbocycles. The third-order valence-corrected chi connectivity index (χ3v) is 9.41. The van der Waals surface area contributed by atoms with Crippen LogP contribution in [0.5, 0.6) is 5.75 Å². The van der Waals surface area contributed by atoms with E-state index >= 15 is 0 Å². The summed E-state index contributed by atoms with van der Waals surface area (Å²) in [5.74, 6) is -2.40. The van der Waals surface area contributed by atoms with E-state index in [1.54, 1.807) is 30.3 Å². The molecule has 1 atom stereocenters. The number of nitrogens with one attached hydrogen (secondary N) is 2. The largest absolute Gasteiger partial charge is 0.435 e. The Balaban J connectivity index is 1.42. The molecule has 1 heterocycles. The van der Waals surface area contributed by atoms with Gasteiger partial charge in [-0.2, -0.15) is 17.2 Å². The van der Waals surface area contributed by atoms with Crippen molar-refractivity contribution in [3.05, 3.63) is 90.3 Å². The number of carbonyl (C=O) groups is 2. The smallest absolute Gasteiger partial charge is 0.387 e. The number of oxazole rings is 1. The molecule has 0 aliphatic heterocycles. The lowest BCUT2D eigenvalue weighted by molar-refractivity contribution is -0.121. The standard InChI is InChI=1S/C29H28F2N4O8S2/c30-29(31)43-24-14-6-4-9-20(24)18-44(38,39)27(33-19-34-45(40,41)21-10-2-1-3-11-21)17-26(37)32-16-8-13-23(36)28-35-22-12-5-7-15-25(22)42-28/h1-7,9-12,14-15,19,27,29H,8,13,16-18H2,(H,32,37)(H,33,34). The van der Waals surface area contributed by atoms with Gasteiger partial charge in [0.1, 0.15) is 23.0 Å². The van der Waals surface area contributed by atoms with Gasteiger partial charge in [0.2, 0.25) is 11.7 Å². The molecule has 0 aliphatic carbocycles. The van der Waals surface area contributed by atoms with E-state index in [2.05, 4.69) is 24.8 Å². The molecule has 4 rings (SSSR count). The van der Waals surface area contributed by atoms with Crippen molar-refractivity contribution in [1.82, 2.24) is 15.6 Å². The summed E-state index contributed by atoms with van der Waals surface area (Å²) in [6.07, 6.45) is 0.121. The minimum Gasteiger partial charge on any atom is -0.435 e. The number of sulfone groups is 1. The zero-order valence-electron chi connectivity index (χ0n) is 23.5. The van der Waals surface area contributed by atoms with Crippen molar-refractivity contribution in [1.29, 1.82) is 0 Å². The summed E-state index contributed by atoms with van der Waals surface area (Å²) in [6, 6.07) is 19.3. The van der Waals surface area contributed by atoms with Gasteiger partial charge in [-0.1, -0.05) is 48.5 Å². The van der Waals surface area contributed by atoms with E-state index in [9.17, 15) is 35.2 Å². The second-order valence-electron chi connectivity index (χ2n) is 9.54. The van der Waals surface area contributed by atoms with Gasteiger partial charge in [0, 0.05) is 18.5 Å². The molecule has 2 N–H and O–H groups in total. The lowest BCUT2D eigenvalue weighted by Crippen LogP contribution is -2.41. The van der Waals surface area contributed by atoms with Crippen LogP contribution in [0, 0.1) is 0 Å². The van der Waals surface area contributed by atoms with Crippen molar-refractivity contribution >= 4 is 49.0 Å². The normalized spacial score (nSPS) is 12.8. The Morgan fingerprint density at radius 2 is 1.64 bits per heavy atom. The van der Waals surface area contributed by atoms with E-state index in [1.807, 2.05) is 0 Å². The number of halogens is 2. The van der Waals surface area contributed by atoms with Gasteiger partial charge in [-0.05, 0) is 36.8 Å². The molecule has 1 aromatic heterocycles. The molecule has 45 heavy (non-hydrogen) atoms. The molecule has 0 aliphatic rings. The Morgan fingerprint density at radius 1 is 0.956 bits per heavy atom. The van der Waals surface area contributed by atoms with Crippen molar-refractivity contribution in [2.75, 3.05) is 6.54 Å². The summed E-state index contributed by atoms with van der Waals surface area (Å²) in [4.78, 5) is 29.2. The maximum absolute atomic E-state index is 13.4. The Kier molecular flexibility index (Phi) is 11.0. The van der Waals surface area contributed by atoms with Crippen LogP contribution in [0.15, 0.2) is 92.6 Å². The lowest BCUT2D eigenvalue weighted by Gasteiger charge is -2.19. The number of hydrogen-bond acceptors (Lipinski definition) is 9. The van der Waals surface area contributed by atoms with Crippen LogP contribution in [-0.2, 0) is 30.4 Å². The molecule has 1 unspecified atom stereocenters. The first-order valence-corrected chi connectivity index (χ1v) is 16.6. The number of carbonyl (C=O) groups excluding carboxylic acids is 2. The highest BCUT2D eigenvalue weighted by atomic mass is 32.2. The van der Waals surface area contributed by atoms with Crippen molar-refractivity contribution in [3.63, 3.8) is 0 Å². The Morgan fingerprint density at radius 3 is 2.38 bits per heavy atom. The summed E-state index contributed by atoms with van der Waals surface area (Å²) in [5.41, 5.74) is 0.881. The van der Waals surface area contributed by atoms with Gasteiger partial charge in [-0.25, -0.2) is 13.4 Å². The fraction of sp³-hybridized carbons (Fsp3) is 0.241. The second-order valence-corrected chi connectivity index (χ2v) is 13.4. The average Bonchev–Trinajstić information content (AvgIpc) is 3.44. The maximum atomic E-state index is 13.4. The van der Waals surface area contributed by atoms with Gasteiger partial charge in [0.05, 0.1) is 17.1 Å².